The van der Waals surface area contributed by atoms with Gasteiger partial charge in [-0.25, -0.2) is 9.97 Å². The molecule has 0 atom stereocenters. The normalized spacial score (nSPS) is 11.3. The molecule has 0 radical (unpaired) electrons. The number of hydrogen-bond acceptors (Lipinski definition) is 2. The van der Waals surface area contributed by atoms with Crippen LogP contribution < -0.4 is 0 Å². The van der Waals surface area contributed by atoms with E-state index in [1.807, 2.05) is 0 Å². The first-order valence-corrected chi connectivity index (χ1v) is 20.5. The van der Waals surface area contributed by atoms with Crippen LogP contribution in [0.25, 0.3) is 111 Å². The predicted molar refractivity (Wildman–Crippen MR) is 253 cm³/mol. The fourth-order valence-electron chi connectivity index (χ4n) is 8.62. The first kappa shape index (κ1) is 35.2. The lowest BCUT2D eigenvalue weighted by molar-refractivity contribution is 1.18. The van der Waals surface area contributed by atoms with Crippen molar-refractivity contribution >= 4 is 32.3 Å². The topological polar surface area (TPSA) is 25.8 Å². The van der Waals surface area contributed by atoms with Gasteiger partial charge in [-0.3, -0.25) is 0 Å². The van der Waals surface area contributed by atoms with Crippen molar-refractivity contribution in [3.05, 3.63) is 231 Å². The van der Waals surface area contributed by atoms with E-state index in [4.69, 9.17) is 9.97 Å². The van der Waals surface area contributed by atoms with E-state index in [1.165, 1.54) is 54.6 Å². The Morgan fingerprint density at radius 3 is 1.30 bits per heavy atom. The molecule has 0 aliphatic carbocycles. The molecule has 0 aliphatic rings. The molecule has 0 unspecified atom stereocenters. The Labute approximate surface area is 349 Å². The minimum atomic E-state index is 0.686. The highest BCUT2D eigenvalue weighted by molar-refractivity contribution is 6.20. The molecule has 0 fully saturated rings. The highest BCUT2D eigenvalue weighted by atomic mass is 14.9. The Kier molecular flexibility index (Phi) is 8.87. The number of fused-ring (bicyclic) bond motifs is 4. The second kappa shape index (κ2) is 15.1. The van der Waals surface area contributed by atoms with Gasteiger partial charge in [0.2, 0.25) is 0 Å². The SMILES string of the molecule is c1ccc(-c2ccc(-c3cccc(-c4cc(-c5cccc(-c6ccccc6)c5)nc(-c5ccc(-c6c7ccccc7cc7c6ccc6ccccc67)cc5)n4)c3)cc2)cc1. The van der Waals surface area contributed by atoms with Crippen LogP contribution in [0.1, 0.15) is 0 Å². The van der Waals surface area contributed by atoms with Crippen LogP contribution in [-0.2, 0) is 0 Å². The summed E-state index contributed by atoms with van der Waals surface area (Å²) in [5.41, 5.74) is 14.2. The van der Waals surface area contributed by atoms with Crippen molar-refractivity contribution in [2.45, 2.75) is 0 Å². The van der Waals surface area contributed by atoms with Gasteiger partial charge in [0.15, 0.2) is 5.82 Å². The Bertz CT molecular complexity index is 3330. The molecule has 0 saturated carbocycles. The first-order chi connectivity index (χ1) is 29.7. The summed E-state index contributed by atoms with van der Waals surface area (Å²) in [7, 11) is 0. The largest absolute Gasteiger partial charge is 0.228 e. The lowest BCUT2D eigenvalue weighted by Crippen LogP contribution is -1.96. The summed E-state index contributed by atoms with van der Waals surface area (Å²) in [4.78, 5) is 10.6. The lowest BCUT2D eigenvalue weighted by atomic mass is 9.89. The molecular weight excluding hydrogens is 725 g/mol. The number of nitrogens with zero attached hydrogens (tertiary/aromatic N) is 2. The predicted octanol–water partition coefficient (Wildman–Crippen LogP) is 15.6. The van der Waals surface area contributed by atoms with Crippen molar-refractivity contribution in [1.29, 1.82) is 0 Å². The second-order valence-electron chi connectivity index (χ2n) is 15.4. The summed E-state index contributed by atoms with van der Waals surface area (Å²) in [5, 5.41) is 7.48. The molecule has 0 saturated heterocycles. The van der Waals surface area contributed by atoms with E-state index in [1.54, 1.807) is 0 Å². The molecule has 10 aromatic carbocycles. The van der Waals surface area contributed by atoms with E-state index in [9.17, 15) is 0 Å². The van der Waals surface area contributed by atoms with Crippen LogP contribution in [0.2, 0.25) is 0 Å². The molecule has 1 heterocycles. The van der Waals surface area contributed by atoms with Gasteiger partial charge in [-0.2, -0.15) is 0 Å². The monoisotopic (exact) mass is 762 g/mol. The van der Waals surface area contributed by atoms with Gasteiger partial charge in [0.05, 0.1) is 11.4 Å². The van der Waals surface area contributed by atoms with Gasteiger partial charge in [-0.15, -0.1) is 0 Å². The van der Waals surface area contributed by atoms with Gasteiger partial charge in [-0.05, 0) is 101 Å². The van der Waals surface area contributed by atoms with Crippen molar-refractivity contribution in [2.24, 2.45) is 0 Å². The third-order valence-corrected chi connectivity index (χ3v) is 11.7. The second-order valence-corrected chi connectivity index (χ2v) is 15.4. The maximum Gasteiger partial charge on any atom is 0.160 e. The molecular formula is C58H38N2. The fourth-order valence-corrected chi connectivity index (χ4v) is 8.62. The summed E-state index contributed by atoms with van der Waals surface area (Å²) in [5.74, 6) is 0.686. The van der Waals surface area contributed by atoms with Crippen molar-refractivity contribution in [2.75, 3.05) is 0 Å². The van der Waals surface area contributed by atoms with Crippen LogP contribution in [-0.4, -0.2) is 9.97 Å². The average Bonchev–Trinajstić information content (AvgIpc) is 3.34. The molecule has 280 valence electrons. The van der Waals surface area contributed by atoms with Crippen molar-refractivity contribution in [1.82, 2.24) is 9.97 Å². The summed E-state index contributed by atoms with van der Waals surface area (Å²) in [6, 6.07) is 82.4. The third kappa shape index (κ3) is 6.61. The van der Waals surface area contributed by atoms with E-state index in [2.05, 4.69) is 231 Å². The summed E-state index contributed by atoms with van der Waals surface area (Å²) < 4.78 is 0. The van der Waals surface area contributed by atoms with Gasteiger partial charge in [0, 0.05) is 16.7 Å². The molecule has 0 amide bonds. The van der Waals surface area contributed by atoms with Crippen LogP contribution in [0, 0.1) is 0 Å². The molecule has 2 nitrogen and oxygen atoms in total. The van der Waals surface area contributed by atoms with Crippen LogP contribution in [0.15, 0.2) is 231 Å². The van der Waals surface area contributed by atoms with E-state index in [0.29, 0.717) is 5.82 Å². The zero-order chi connectivity index (χ0) is 39.8. The van der Waals surface area contributed by atoms with Crippen molar-refractivity contribution in [3.63, 3.8) is 0 Å². The van der Waals surface area contributed by atoms with Gasteiger partial charge < -0.3 is 0 Å². The molecule has 0 spiro atoms. The minimum Gasteiger partial charge on any atom is -0.228 e. The Hall–Kier alpha value is -7.94. The van der Waals surface area contributed by atoms with Gasteiger partial charge >= 0.3 is 0 Å². The third-order valence-electron chi connectivity index (χ3n) is 11.7. The van der Waals surface area contributed by atoms with Crippen LogP contribution in [0.3, 0.4) is 0 Å². The summed E-state index contributed by atoms with van der Waals surface area (Å²) in [6.07, 6.45) is 0. The number of aromatic nitrogens is 2. The molecule has 0 aliphatic heterocycles. The van der Waals surface area contributed by atoms with E-state index in [-0.39, 0.29) is 0 Å². The Balaban J connectivity index is 1.03. The maximum absolute atomic E-state index is 5.29. The van der Waals surface area contributed by atoms with E-state index in [0.717, 1.165) is 50.3 Å². The first-order valence-electron chi connectivity index (χ1n) is 20.5. The van der Waals surface area contributed by atoms with Gasteiger partial charge in [0.1, 0.15) is 0 Å². The van der Waals surface area contributed by atoms with Crippen molar-refractivity contribution < 1.29 is 0 Å². The Morgan fingerprint density at radius 2 is 0.667 bits per heavy atom. The van der Waals surface area contributed by atoms with Gasteiger partial charge in [-0.1, -0.05) is 206 Å². The summed E-state index contributed by atoms with van der Waals surface area (Å²) in [6.45, 7) is 0. The standard InChI is InChI=1S/C58H38N2/c1-3-13-39(14-4-1)41-25-27-42(28-26-41)47-20-12-22-50(36-47)56-38-55(49-21-11-19-46(35-49)40-15-5-2-6-16-40)59-58(60-56)45-31-29-44(30-32-45)57-52-24-10-8-18-48(52)37-54-51-23-9-7-17-43(51)33-34-53(54)57/h1-38H. The van der Waals surface area contributed by atoms with Crippen LogP contribution in [0.4, 0.5) is 0 Å². The van der Waals surface area contributed by atoms with E-state index < -0.39 is 0 Å². The number of rotatable bonds is 7. The van der Waals surface area contributed by atoms with Crippen LogP contribution in [0.5, 0.6) is 0 Å². The fraction of sp³-hybridized carbons (Fsp3) is 0. The summed E-state index contributed by atoms with van der Waals surface area (Å²) >= 11 is 0. The zero-order valence-electron chi connectivity index (χ0n) is 32.8. The number of benzene rings is 10. The quantitative estimate of drug-likeness (QED) is 0.119. The minimum absolute atomic E-state index is 0.686. The van der Waals surface area contributed by atoms with Crippen LogP contribution >= 0.6 is 0 Å². The molecule has 1 aromatic heterocycles. The molecule has 2 heteroatoms. The van der Waals surface area contributed by atoms with Crippen molar-refractivity contribution in [3.8, 4) is 78.4 Å². The highest BCUT2D eigenvalue weighted by Gasteiger charge is 2.16. The molecule has 0 N–H and O–H groups in total. The molecule has 0 bridgehead atoms. The molecule has 11 aromatic rings. The lowest BCUT2D eigenvalue weighted by Gasteiger charge is -2.15. The zero-order valence-corrected chi connectivity index (χ0v) is 32.8. The van der Waals surface area contributed by atoms with E-state index >= 15 is 0 Å². The average molecular weight is 763 g/mol. The Morgan fingerprint density at radius 1 is 0.217 bits per heavy atom. The molecule has 11 rings (SSSR count). The smallest absolute Gasteiger partial charge is 0.160 e. The highest BCUT2D eigenvalue weighted by Crippen LogP contribution is 2.40. The number of hydrogen-bond donors (Lipinski definition) is 0. The molecule has 60 heavy (non-hydrogen) atoms. The van der Waals surface area contributed by atoms with Gasteiger partial charge in [0.25, 0.3) is 0 Å². The maximum atomic E-state index is 5.29.